The van der Waals surface area contributed by atoms with E-state index in [9.17, 15) is 19.3 Å². The van der Waals surface area contributed by atoms with Crippen LogP contribution in [0.3, 0.4) is 0 Å². The van der Waals surface area contributed by atoms with Crippen molar-refractivity contribution in [3.05, 3.63) is 75.6 Å². The Balaban J connectivity index is 1.96. The summed E-state index contributed by atoms with van der Waals surface area (Å²) < 4.78 is 12.7. The molecule has 21 heavy (non-hydrogen) atoms. The molecule has 1 N–H and O–H groups in total. The molecule has 0 atom stereocenters. The highest BCUT2D eigenvalue weighted by molar-refractivity contribution is 5.79. The molecule has 0 spiro atoms. The Morgan fingerprint density at radius 2 is 1.81 bits per heavy atom. The molecular weight excluding hydrogens is 275 g/mol. The molecule has 0 aliphatic carbocycles. The molecule has 0 bridgehead atoms. The Morgan fingerprint density at radius 3 is 2.48 bits per heavy atom. The van der Waals surface area contributed by atoms with Gasteiger partial charge < -0.3 is 5.32 Å². The SMILES string of the molecule is O=C(Cc1ccccc1[N+](=O)[O-])NCc1ccc(F)cc1. The van der Waals surface area contributed by atoms with Crippen LogP contribution in [0.25, 0.3) is 0 Å². The van der Waals surface area contributed by atoms with Gasteiger partial charge in [0.25, 0.3) is 5.69 Å². The van der Waals surface area contributed by atoms with Crippen LogP contribution >= 0.6 is 0 Å². The van der Waals surface area contributed by atoms with Crippen LogP contribution in [0.5, 0.6) is 0 Å². The predicted molar refractivity (Wildman–Crippen MR) is 75.0 cm³/mol. The monoisotopic (exact) mass is 288 g/mol. The molecule has 0 aromatic heterocycles. The first kappa shape index (κ1) is 14.6. The van der Waals surface area contributed by atoms with Gasteiger partial charge >= 0.3 is 0 Å². The normalized spacial score (nSPS) is 10.1. The third-order valence-corrected chi connectivity index (χ3v) is 2.94. The van der Waals surface area contributed by atoms with Crippen LogP contribution in [0.15, 0.2) is 48.5 Å². The molecule has 0 aliphatic rings. The smallest absolute Gasteiger partial charge is 0.273 e. The summed E-state index contributed by atoms with van der Waals surface area (Å²) in [6, 6.07) is 11.9. The van der Waals surface area contributed by atoms with Crippen LogP contribution in [0.2, 0.25) is 0 Å². The number of benzene rings is 2. The van der Waals surface area contributed by atoms with Crippen molar-refractivity contribution in [2.45, 2.75) is 13.0 Å². The van der Waals surface area contributed by atoms with Crippen LogP contribution in [-0.4, -0.2) is 10.8 Å². The average molecular weight is 288 g/mol. The van der Waals surface area contributed by atoms with Gasteiger partial charge in [-0.25, -0.2) is 4.39 Å². The number of para-hydroxylation sites is 1. The Labute approximate surface area is 120 Å². The van der Waals surface area contributed by atoms with E-state index in [2.05, 4.69) is 5.32 Å². The molecule has 0 fully saturated rings. The van der Waals surface area contributed by atoms with Crippen LogP contribution in [-0.2, 0) is 17.8 Å². The highest BCUT2D eigenvalue weighted by Crippen LogP contribution is 2.18. The minimum atomic E-state index is -0.511. The lowest BCUT2D eigenvalue weighted by Gasteiger charge is -2.06. The van der Waals surface area contributed by atoms with E-state index in [4.69, 9.17) is 0 Å². The van der Waals surface area contributed by atoms with E-state index >= 15 is 0 Å². The number of nitro groups is 1. The summed E-state index contributed by atoms with van der Waals surface area (Å²) in [7, 11) is 0. The molecule has 0 radical (unpaired) electrons. The van der Waals surface area contributed by atoms with Crippen molar-refractivity contribution in [2.24, 2.45) is 0 Å². The highest BCUT2D eigenvalue weighted by atomic mass is 19.1. The molecule has 0 aliphatic heterocycles. The Bertz CT molecular complexity index is 656. The second-order valence-corrected chi connectivity index (χ2v) is 4.47. The van der Waals surface area contributed by atoms with E-state index < -0.39 is 4.92 Å². The Kier molecular flexibility index (Phi) is 4.61. The van der Waals surface area contributed by atoms with Crippen molar-refractivity contribution in [1.29, 1.82) is 0 Å². The summed E-state index contributed by atoms with van der Waals surface area (Å²) in [5, 5.41) is 13.5. The number of nitrogens with one attached hydrogen (secondary N) is 1. The van der Waals surface area contributed by atoms with Gasteiger partial charge in [0, 0.05) is 18.2 Å². The van der Waals surface area contributed by atoms with Gasteiger partial charge in [0.1, 0.15) is 5.82 Å². The Morgan fingerprint density at radius 1 is 1.14 bits per heavy atom. The molecule has 0 saturated carbocycles. The second kappa shape index (κ2) is 6.60. The first-order valence-electron chi connectivity index (χ1n) is 6.29. The van der Waals surface area contributed by atoms with Gasteiger partial charge in [0.05, 0.1) is 11.3 Å². The molecule has 5 nitrogen and oxygen atoms in total. The largest absolute Gasteiger partial charge is 0.352 e. The minimum Gasteiger partial charge on any atom is -0.352 e. The number of halogens is 1. The van der Waals surface area contributed by atoms with Crippen molar-refractivity contribution < 1.29 is 14.1 Å². The number of hydrogen-bond donors (Lipinski definition) is 1. The lowest BCUT2D eigenvalue weighted by atomic mass is 10.1. The second-order valence-electron chi connectivity index (χ2n) is 4.47. The summed E-state index contributed by atoms with van der Waals surface area (Å²) in [6.45, 7) is 0.250. The zero-order chi connectivity index (χ0) is 15.2. The maximum Gasteiger partial charge on any atom is 0.273 e. The predicted octanol–water partition coefficient (Wildman–Crippen LogP) is 2.59. The first-order chi connectivity index (χ1) is 10.1. The zero-order valence-electron chi connectivity index (χ0n) is 11.1. The van der Waals surface area contributed by atoms with Crippen molar-refractivity contribution in [3.8, 4) is 0 Å². The standard InChI is InChI=1S/C15H13FN2O3/c16-13-7-5-11(6-8-13)10-17-15(19)9-12-3-1-2-4-14(12)18(20)21/h1-8H,9-10H2,(H,17,19). The van der Waals surface area contributed by atoms with E-state index in [-0.39, 0.29) is 30.4 Å². The average Bonchev–Trinajstić information content (AvgIpc) is 2.47. The molecule has 2 aromatic rings. The van der Waals surface area contributed by atoms with Gasteiger partial charge in [0.2, 0.25) is 5.91 Å². The molecule has 2 aromatic carbocycles. The fourth-order valence-electron chi connectivity index (χ4n) is 1.88. The number of carbonyl (C=O) groups is 1. The van der Waals surface area contributed by atoms with E-state index in [1.54, 1.807) is 30.3 Å². The maximum atomic E-state index is 12.7. The molecule has 0 heterocycles. The number of rotatable bonds is 5. The van der Waals surface area contributed by atoms with Gasteiger partial charge in [-0.05, 0) is 17.7 Å². The van der Waals surface area contributed by atoms with Gasteiger partial charge in [-0.1, -0.05) is 30.3 Å². The van der Waals surface area contributed by atoms with E-state index in [0.29, 0.717) is 5.56 Å². The van der Waals surface area contributed by atoms with Crippen molar-refractivity contribution in [2.75, 3.05) is 0 Å². The van der Waals surface area contributed by atoms with Gasteiger partial charge in [-0.15, -0.1) is 0 Å². The first-order valence-corrected chi connectivity index (χ1v) is 6.29. The zero-order valence-corrected chi connectivity index (χ0v) is 11.1. The fourth-order valence-corrected chi connectivity index (χ4v) is 1.88. The summed E-state index contributed by atoms with van der Waals surface area (Å²) in [6.07, 6.45) is -0.0711. The van der Waals surface area contributed by atoms with E-state index in [1.807, 2.05) is 0 Å². The summed E-state index contributed by atoms with van der Waals surface area (Å²) >= 11 is 0. The number of nitro benzene ring substituents is 1. The fraction of sp³-hybridized carbons (Fsp3) is 0.133. The van der Waals surface area contributed by atoms with Crippen LogP contribution < -0.4 is 5.32 Å². The third kappa shape index (κ3) is 4.10. The molecule has 2 rings (SSSR count). The number of hydrogen-bond acceptors (Lipinski definition) is 3. The molecule has 6 heteroatoms. The maximum absolute atomic E-state index is 12.7. The number of nitrogens with zero attached hydrogens (tertiary/aromatic N) is 1. The van der Waals surface area contributed by atoms with E-state index in [0.717, 1.165) is 5.56 Å². The van der Waals surface area contributed by atoms with Crippen LogP contribution in [0.1, 0.15) is 11.1 Å². The number of carbonyl (C=O) groups excluding carboxylic acids is 1. The lowest BCUT2D eigenvalue weighted by molar-refractivity contribution is -0.385. The van der Waals surface area contributed by atoms with Crippen molar-refractivity contribution in [3.63, 3.8) is 0 Å². The molecule has 1 amide bonds. The summed E-state index contributed by atoms with van der Waals surface area (Å²) in [5.74, 6) is -0.668. The van der Waals surface area contributed by atoms with Crippen molar-refractivity contribution >= 4 is 11.6 Å². The lowest BCUT2D eigenvalue weighted by Crippen LogP contribution is -2.24. The van der Waals surface area contributed by atoms with Gasteiger partial charge in [-0.3, -0.25) is 14.9 Å². The van der Waals surface area contributed by atoms with Gasteiger partial charge in [-0.2, -0.15) is 0 Å². The molecular formula is C15H13FN2O3. The number of amides is 1. The van der Waals surface area contributed by atoms with Gasteiger partial charge in [0.15, 0.2) is 0 Å². The van der Waals surface area contributed by atoms with E-state index in [1.165, 1.54) is 18.2 Å². The van der Waals surface area contributed by atoms with Crippen LogP contribution in [0.4, 0.5) is 10.1 Å². The minimum absolute atomic E-state index is 0.0711. The third-order valence-electron chi connectivity index (χ3n) is 2.94. The summed E-state index contributed by atoms with van der Waals surface area (Å²) in [4.78, 5) is 22.2. The van der Waals surface area contributed by atoms with Crippen LogP contribution in [0, 0.1) is 15.9 Å². The summed E-state index contributed by atoms with van der Waals surface area (Å²) in [5.41, 5.74) is 1.04. The Hall–Kier alpha value is -2.76. The highest BCUT2D eigenvalue weighted by Gasteiger charge is 2.15. The molecule has 0 unspecified atom stereocenters. The quantitative estimate of drug-likeness (QED) is 0.679. The topological polar surface area (TPSA) is 72.2 Å². The molecule has 108 valence electrons. The molecule has 0 saturated heterocycles. The van der Waals surface area contributed by atoms with Crippen molar-refractivity contribution in [1.82, 2.24) is 5.32 Å².